The molecule has 3 N–H and O–H groups in total. The molecule has 1 saturated carbocycles. The summed E-state index contributed by atoms with van der Waals surface area (Å²) >= 11 is 0. The first-order valence-electron chi connectivity index (χ1n) is 6.74. The van der Waals surface area contributed by atoms with Crippen LogP contribution >= 0.6 is 0 Å². The van der Waals surface area contributed by atoms with Gasteiger partial charge in [0.1, 0.15) is 17.7 Å². The number of benzene rings is 1. The fourth-order valence-corrected chi connectivity index (χ4v) is 2.32. The van der Waals surface area contributed by atoms with Crippen LogP contribution in [0.3, 0.4) is 0 Å². The summed E-state index contributed by atoms with van der Waals surface area (Å²) in [4.78, 5) is 11.7. The molecule has 110 valence electrons. The molecule has 1 fully saturated rings. The Bertz CT molecular complexity index is 482. The minimum absolute atomic E-state index is 0.112. The summed E-state index contributed by atoms with van der Waals surface area (Å²) in [5.41, 5.74) is 5.83. The van der Waals surface area contributed by atoms with Crippen molar-refractivity contribution in [2.24, 2.45) is 5.73 Å². The summed E-state index contributed by atoms with van der Waals surface area (Å²) in [6, 6.07) is 2.73. The maximum Gasteiger partial charge on any atom is 0.412 e. The molecule has 0 heterocycles. The molecule has 0 aliphatic heterocycles. The molecule has 1 aromatic carbocycles. The molecule has 2 atom stereocenters. The summed E-state index contributed by atoms with van der Waals surface area (Å²) in [5, 5.41) is 2.27. The molecule has 2 rings (SSSR count). The quantitative estimate of drug-likeness (QED) is 0.820. The van der Waals surface area contributed by atoms with Gasteiger partial charge in [0.05, 0.1) is 5.69 Å². The Morgan fingerprint density at radius 1 is 1.25 bits per heavy atom. The van der Waals surface area contributed by atoms with Crippen LogP contribution < -0.4 is 11.1 Å². The number of halogens is 2. The predicted octanol–water partition coefficient (Wildman–Crippen LogP) is 3.17. The van der Waals surface area contributed by atoms with Crippen LogP contribution in [0.15, 0.2) is 18.2 Å². The van der Waals surface area contributed by atoms with E-state index >= 15 is 0 Å². The van der Waals surface area contributed by atoms with Crippen molar-refractivity contribution in [1.29, 1.82) is 0 Å². The molecule has 1 aromatic rings. The Kier molecular flexibility index (Phi) is 4.89. The van der Waals surface area contributed by atoms with E-state index in [1.165, 1.54) is 0 Å². The van der Waals surface area contributed by atoms with Crippen LogP contribution in [-0.4, -0.2) is 18.2 Å². The van der Waals surface area contributed by atoms with E-state index < -0.39 is 17.7 Å². The fourth-order valence-electron chi connectivity index (χ4n) is 2.32. The highest BCUT2D eigenvalue weighted by Gasteiger charge is 2.24. The second-order valence-electron chi connectivity index (χ2n) is 4.99. The van der Waals surface area contributed by atoms with Crippen molar-refractivity contribution in [3.05, 3.63) is 29.8 Å². The number of hydrogen-bond donors (Lipinski definition) is 2. The second-order valence-corrected chi connectivity index (χ2v) is 4.99. The van der Waals surface area contributed by atoms with E-state index in [4.69, 9.17) is 10.5 Å². The Morgan fingerprint density at radius 2 is 2.00 bits per heavy atom. The second kappa shape index (κ2) is 6.65. The third-order valence-electron chi connectivity index (χ3n) is 3.43. The molecule has 0 aromatic heterocycles. The Hall–Kier alpha value is -1.69. The van der Waals surface area contributed by atoms with E-state index in [1.807, 2.05) is 0 Å². The van der Waals surface area contributed by atoms with Gasteiger partial charge >= 0.3 is 6.09 Å². The number of hydrogen-bond acceptors (Lipinski definition) is 3. The third kappa shape index (κ3) is 3.90. The zero-order valence-corrected chi connectivity index (χ0v) is 11.1. The van der Waals surface area contributed by atoms with Crippen LogP contribution in [0.25, 0.3) is 0 Å². The molecule has 20 heavy (non-hydrogen) atoms. The van der Waals surface area contributed by atoms with E-state index in [0.717, 1.165) is 37.8 Å². The molecule has 2 unspecified atom stereocenters. The van der Waals surface area contributed by atoms with E-state index in [1.54, 1.807) is 0 Å². The average Bonchev–Trinajstić information content (AvgIpc) is 2.59. The first kappa shape index (κ1) is 14.7. The molecule has 1 amide bonds. The van der Waals surface area contributed by atoms with Crippen LogP contribution in [0.2, 0.25) is 0 Å². The number of nitrogens with one attached hydrogen (secondary N) is 1. The van der Waals surface area contributed by atoms with Crippen molar-refractivity contribution in [2.45, 2.75) is 44.2 Å². The molecule has 0 bridgehead atoms. The van der Waals surface area contributed by atoms with Gasteiger partial charge in [-0.25, -0.2) is 13.6 Å². The zero-order chi connectivity index (χ0) is 14.5. The summed E-state index contributed by atoms with van der Waals surface area (Å²) in [6.45, 7) is 0. The summed E-state index contributed by atoms with van der Waals surface area (Å²) in [7, 11) is 0. The number of anilines is 1. The Labute approximate surface area is 116 Å². The standard InChI is InChI=1S/C14H18F2N2O2/c15-9-6-7-12(10(16)8-9)18-14(19)20-13-5-3-1-2-4-11(13)17/h6-8,11,13H,1-5,17H2,(H,18,19). The van der Waals surface area contributed by atoms with Crippen molar-refractivity contribution in [2.75, 3.05) is 5.32 Å². The fraction of sp³-hybridized carbons (Fsp3) is 0.500. The van der Waals surface area contributed by atoms with Gasteiger partial charge in [0.2, 0.25) is 0 Å². The van der Waals surface area contributed by atoms with E-state index in [9.17, 15) is 13.6 Å². The van der Waals surface area contributed by atoms with Crippen LogP contribution in [0, 0.1) is 11.6 Å². The van der Waals surface area contributed by atoms with E-state index in [-0.39, 0.29) is 17.8 Å². The number of rotatable bonds is 2. The highest BCUT2D eigenvalue weighted by molar-refractivity contribution is 5.84. The molecule has 0 radical (unpaired) electrons. The number of ether oxygens (including phenoxy) is 1. The van der Waals surface area contributed by atoms with E-state index in [2.05, 4.69) is 5.32 Å². The zero-order valence-electron chi connectivity index (χ0n) is 11.1. The lowest BCUT2D eigenvalue weighted by Crippen LogP contribution is -2.38. The molecule has 6 heteroatoms. The normalized spacial score (nSPS) is 22.9. The molecular weight excluding hydrogens is 266 g/mol. The van der Waals surface area contributed by atoms with Crippen molar-refractivity contribution >= 4 is 11.8 Å². The molecule has 0 spiro atoms. The highest BCUT2D eigenvalue weighted by atomic mass is 19.1. The summed E-state index contributed by atoms with van der Waals surface area (Å²) < 4.78 is 31.4. The number of nitrogens with two attached hydrogens (primary N) is 1. The maximum absolute atomic E-state index is 13.4. The van der Waals surface area contributed by atoms with E-state index in [0.29, 0.717) is 12.5 Å². The van der Waals surface area contributed by atoms with Gasteiger partial charge in [-0.1, -0.05) is 12.8 Å². The minimum Gasteiger partial charge on any atom is -0.444 e. The Morgan fingerprint density at radius 3 is 2.75 bits per heavy atom. The van der Waals surface area contributed by atoms with Gasteiger partial charge in [0.25, 0.3) is 0 Å². The van der Waals surface area contributed by atoms with Gasteiger partial charge < -0.3 is 10.5 Å². The average molecular weight is 284 g/mol. The minimum atomic E-state index is -0.841. The number of carbonyl (C=O) groups excluding carboxylic acids is 1. The van der Waals surface area contributed by atoms with Crippen molar-refractivity contribution < 1.29 is 18.3 Å². The lowest BCUT2D eigenvalue weighted by molar-refractivity contribution is 0.0898. The van der Waals surface area contributed by atoms with Crippen molar-refractivity contribution in [1.82, 2.24) is 0 Å². The third-order valence-corrected chi connectivity index (χ3v) is 3.43. The summed E-state index contributed by atoms with van der Waals surface area (Å²) in [6.07, 6.45) is 3.44. The van der Waals surface area contributed by atoms with Gasteiger partial charge in [-0.3, -0.25) is 5.32 Å². The predicted molar refractivity (Wildman–Crippen MR) is 71.3 cm³/mol. The van der Waals surface area contributed by atoms with Crippen molar-refractivity contribution in [3.63, 3.8) is 0 Å². The van der Waals surface area contributed by atoms with Gasteiger partial charge in [-0.15, -0.1) is 0 Å². The van der Waals surface area contributed by atoms with Crippen LogP contribution in [0.1, 0.15) is 32.1 Å². The molecule has 1 aliphatic carbocycles. The van der Waals surface area contributed by atoms with Gasteiger partial charge in [0.15, 0.2) is 0 Å². The van der Waals surface area contributed by atoms with Crippen LogP contribution in [0.5, 0.6) is 0 Å². The molecule has 0 saturated heterocycles. The monoisotopic (exact) mass is 284 g/mol. The largest absolute Gasteiger partial charge is 0.444 e. The topological polar surface area (TPSA) is 64.3 Å². The van der Waals surface area contributed by atoms with Crippen LogP contribution in [-0.2, 0) is 4.74 Å². The molecule has 4 nitrogen and oxygen atoms in total. The molecule has 1 aliphatic rings. The van der Waals surface area contributed by atoms with Gasteiger partial charge in [-0.05, 0) is 31.4 Å². The number of carbonyl (C=O) groups is 1. The summed E-state index contributed by atoms with van der Waals surface area (Å²) in [5.74, 6) is -1.54. The highest BCUT2D eigenvalue weighted by Crippen LogP contribution is 2.20. The molecular formula is C14H18F2N2O2. The Balaban J connectivity index is 1.94. The van der Waals surface area contributed by atoms with Gasteiger partial charge in [-0.2, -0.15) is 0 Å². The van der Waals surface area contributed by atoms with Crippen LogP contribution in [0.4, 0.5) is 19.3 Å². The first-order chi connectivity index (χ1) is 9.56. The SMILES string of the molecule is NC1CCCCCC1OC(=O)Nc1ccc(F)cc1F. The van der Waals surface area contributed by atoms with Crippen molar-refractivity contribution in [3.8, 4) is 0 Å². The lowest BCUT2D eigenvalue weighted by atomic mass is 10.1. The number of amides is 1. The maximum atomic E-state index is 13.4. The lowest BCUT2D eigenvalue weighted by Gasteiger charge is -2.21. The van der Waals surface area contributed by atoms with Gasteiger partial charge in [0, 0.05) is 12.1 Å². The first-order valence-corrected chi connectivity index (χ1v) is 6.74. The smallest absolute Gasteiger partial charge is 0.412 e.